The summed E-state index contributed by atoms with van der Waals surface area (Å²) in [5.41, 5.74) is 0. The van der Waals surface area contributed by atoms with Crippen LogP contribution in [0, 0.1) is 17.5 Å². The maximum Gasteiger partial charge on any atom is 0.466 e. The third kappa shape index (κ3) is 9.18. The normalized spacial score (nSPS) is 12.7. The molecule has 0 aliphatic heterocycles. The van der Waals surface area contributed by atoms with Crippen LogP contribution in [0.5, 0.6) is 0 Å². The summed E-state index contributed by atoms with van der Waals surface area (Å²) >= 11 is 5.65. The monoisotopic (exact) mass is 680 g/mol. The average Bonchev–Trinajstić information content (AvgIpc) is 2.99. The maximum atomic E-state index is 15.3. The molecule has 5 nitrogen and oxygen atoms in total. The number of hydrogen-bond donors (Lipinski definition) is 0. The van der Waals surface area contributed by atoms with Crippen LogP contribution >= 0.6 is 21.9 Å². The van der Waals surface area contributed by atoms with Crippen LogP contribution in [0.15, 0.2) is 87.5 Å². The second-order valence-corrected chi connectivity index (χ2v) is 14.8. The van der Waals surface area contributed by atoms with Crippen LogP contribution < -0.4 is 0 Å². The van der Waals surface area contributed by atoms with Gasteiger partial charge in [0, 0.05) is 20.6 Å². The molecule has 44 heavy (non-hydrogen) atoms. The van der Waals surface area contributed by atoms with E-state index in [-0.39, 0.29) is 21.1 Å². The maximum absolute atomic E-state index is 15.3. The number of unbranched alkanes of at least 4 members (excludes halogenated alkanes) is 8. The van der Waals surface area contributed by atoms with E-state index >= 15 is 8.78 Å². The largest absolute Gasteiger partial charge is 0.466 e. The van der Waals surface area contributed by atoms with Gasteiger partial charge in [-0.25, -0.2) is 21.6 Å². The first-order valence-corrected chi connectivity index (χ1v) is 17.6. The van der Waals surface area contributed by atoms with Gasteiger partial charge in [-0.15, -0.1) is 11.6 Å². The SMILES string of the molecule is O=C(OCCCCCCCCCCCCl)C(F)(F)S(=O)(=O)OS(c1ccc(F)cc1)(c1ccc(F)cc1)c1ccc(F)cc1. The molecule has 13 heteroatoms. The molecular formula is C31H34ClF5O5S2. The van der Waals surface area contributed by atoms with E-state index in [1.165, 1.54) is 0 Å². The second-order valence-electron chi connectivity index (χ2n) is 9.96. The molecular weight excluding hydrogens is 647 g/mol. The standard InChI is InChI=1S/C31H34ClF5O5S2/c32-22-8-6-4-2-1-3-5-7-9-23-41-30(38)31(36,37)44(39,40)42-43(27-16-10-24(33)11-17-27,28-18-12-25(34)13-19-28)29-20-14-26(35)15-21-29/h10-21H,1-9,22-23H2. The molecule has 0 heterocycles. The molecule has 0 spiro atoms. The Morgan fingerprint density at radius 3 is 1.32 bits per heavy atom. The van der Waals surface area contributed by atoms with E-state index in [0.29, 0.717) is 12.3 Å². The Kier molecular flexibility index (Phi) is 13.5. The van der Waals surface area contributed by atoms with E-state index in [2.05, 4.69) is 4.74 Å². The number of rotatable bonds is 18. The van der Waals surface area contributed by atoms with Crippen LogP contribution in [0.1, 0.15) is 57.8 Å². The number of hydrogen-bond acceptors (Lipinski definition) is 5. The van der Waals surface area contributed by atoms with Crippen molar-refractivity contribution < 1.29 is 43.5 Å². The van der Waals surface area contributed by atoms with E-state index in [0.717, 1.165) is 118 Å². The Morgan fingerprint density at radius 2 is 0.955 bits per heavy atom. The van der Waals surface area contributed by atoms with Gasteiger partial charge in [-0.05, 0) is 95.9 Å². The van der Waals surface area contributed by atoms with Gasteiger partial charge in [0.15, 0.2) is 0 Å². The van der Waals surface area contributed by atoms with Gasteiger partial charge in [0.25, 0.3) is 0 Å². The summed E-state index contributed by atoms with van der Waals surface area (Å²) < 4.78 is 109. The van der Waals surface area contributed by atoms with Gasteiger partial charge in [0.2, 0.25) is 0 Å². The summed E-state index contributed by atoms with van der Waals surface area (Å²) in [5.74, 6) is -3.84. The molecule has 0 saturated heterocycles. The summed E-state index contributed by atoms with van der Waals surface area (Å²) in [6.07, 6.45) is 7.77. The van der Waals surface area contributed by atoms with Gasteiger partial charge in [0.05, 0.1) is 6.61 Å². The third-order valence-electron chi connectivity index (χ3n) is 6.69. The second kappa shape index (κ2) is 16.6. The number of benzene rings is 3. The van der Waals surface area contributed by atoms with Crippen molar-refractivity contribution in [3.05, 3.63) is 90.2 Å². The van der Waals surface area contributed by atoms with Gasteiger partial charge in [-0.2, -0.15) is 17.2 Å². The summed E-state index contributed by atoms with van der Waals surface area (Å²) in [4.78, 5) is 12.1. The minimum Gasteiger partial charge on any atom is -0.460 e. The van der Waals surface area contributed by atoms with Crippen molar-refractivity contribution in [2.75, 3.05) is 12.5 Å². The Bertz CT molecular complexity index is 1330. The molecule has 0 unspecified atom stereocenters. The molecule has 3 aromatic carbocycles. The lowest BCUT2D eigenvalue weighted by Crippen LogP contribution is -2.41. The van der Waals surface area contributed by atoms with E-state index < -0.39 is 55.7 Å². The van der Waals surface area contributed by atoms with Crippen LogP contribution in [0.25, 0.3) is 0 Å². The molecule has 0 fully saturated rings. The Hall–Kier alpha value is -2.67. The fourth-order valence-electron chi connectivity index (χ4n) is 4.37. The van der Waals surface area contributed by atoms with Crippen LogP contribution in [0.4, 0.5) is 22.0 Å². The fraction of sp³-hybridized carbons (Fsp3) is 0.387. The summed E-state index contributed by atoms with van der Waals surface area (Å²) in [6, 6.07) is 12.4. The first kappa shape index (κ1) is 35.8. The van der Waals surface area contributed by atoms with E-state index in [4.69, 9.17) is 15.2 Å². The van der Waals surface area contributed by atoms with Crippen molar-refractivity contribution in [3.63, 3.8) is 0 Å². The number of ether oxygens (including phenoxy) is 1. The Balaban J connectivity index is 1.82. The number of alkyl halides is 3. The predicted octanol–water partition coefficient (Wildman–Crippen LogP) is 9.53. The van der Waals surface area contributed by atoms with Crippen molar-refractivity contribution in [1.29, 1.82) is 0 Å². The van der Waals surface area contributed by atoms with Gasteiger partial charge in [0.1, 0.15) is 17.5 Å². The van der Waals surface area contributed by atoms with Gasteiger partial charge >= 0.3 is 21.3 Å². The smallest absolute Gasteiger partial charge is 0.460 e. The van der Waals surface area contributed by atoms with Gasteiger partial charge < -0.3 is 4.74 Å². The lowest BCUT2D eigenvalue weighted by molar-refractivity contribution is -0.161. The molecule has 0 aromatic heterocycles. The number of halogens is 6. The zero-order valence-corrected chi connectivity index (χ0v) is 26.2. The molecule has 0 aliphatic rings. The van der Waals surface area contributed by atoms with Crippen LogP contribution in [-0.4, -0.2) is 32.1 Å². The molecule has 0 N–H and O–H groups in total. The highest BCUT2D eigenvalue weighted by atomic mass is 35.5. The lowest BCUT2D eigenvalue weighted by Gasteiger charge is -2.39. The van der Waals surface area contributed by atoms with Crippen molar-refractivity contribution in [1.82, 2.24) is 0 Å². The van der Waals surface area contributed by atoms with Crippen LogP contribution in [0.2, 0.25) is 0 Å². The molecule has 3 rings (SSSR count). The first-order valence-electron chi connectivity index (χ1n) is 14.1. The minimum absolute atomic E-state index is 0.0936. The molecule has 0 radical (unpaired) electrons. The Morgan fingerprint density at radius 1 is 0.614 bits per heavy atom. The minimum atomic E-state index is -6.12. The molecule has 0 bridgehead atoms. The fourth-order valence-corrected chi connectivity index (χ4v) is 9.55. The third-order valence-corrected chi connectivity index (χ3v) is 12.1. The quantitative estimate of drug-likeness (QED) is 0.0579. The number of carbonyl (C=O) groups is 1. The lowest BCUT2D eigenvalue weighted by atomic mass is 10.1. The van der Waals surface area contributed by atoms with Crippen LogP contribution in [0.3, 0.4) is 0 Å². The van der Waals surface area contributed by atoms with Crippen molar-refractivity contribution >= 4 is 38.0 Å². The highest BCUT2D eigenvalue weighted by Gasteiger charge is 2.59. The molecule has 3 aromatic rings. The number of esters is 1. The van der Waals surface area contributed by atoms with Crippen molar-refractivity contribution in [3.8, 4) is 0 Å². The highest BCUT2D eigenvalue weighted by Crippen LogP contribution is 2.70. The molecule has 0 aliphatic carbocycles. The van der Waals surface area contributed by atoms with E-state index in [9.17, 15) is 26.4 Å². The van der Waals surface area contributed by atoms with E-state index in [1.54, 1.807) is 0 Å². The van der Waals surface area contributed by atoms with Gasteiger partial charge in [-0.3, -0.25) is 0 Å². The predicted molar refractivity (Wildman–Crippen MR) is 160 cm³/mol. The topological polar surface area (TPSA) is 69.7 Å². The first-order chi connectivity index (χ1) is 20.9. The summed E-state index contributed by atoms with van der Waals surface area (Å²) in [5, 5.41) is -5.14. The summed E-state index contributed by atoms with van der Waals surface area (Å²) in [6.45, 7) is -0.425. The van der Waals surface area contributed by atoms with Gasteiger partial charge in [-0.1, -0.05) is 44.9 Å². The average molecular weight is 681 g/mol. The molecule has 0 atom stereocenters. The zero-order valence-electron chi connectivity index (χ0n) is 23.8. The van der Waals surface area contributed by atoms with Crippen LogP contribution in [-0.2, 0) is 23.3 Å². The molecule has 0 amide bonds. The Labute approximate surface area is 261 Å². The van der Waals surface area contributed by atoms with Crippen molar-refractivity contribution in [2.45, 2.75) is 77.7 Å². The van der Waals surface area contributed by atoms with Crippen molar-refractivity contribution in [2.24, 2.45) is 0 Å². The summed E-state index contributed by atoms with van der Waals surface area (Å²) in [7, 11) is -9.90. The zero-order chi connectivity index (χ0) is 32.2. The van der Waals surface area contributed by atoms with E-state index in [1.807, 2.05) is 0 Å². The highest BCUT2D eigenvalue weighted by molar-refractivity contribution is 8.33. The molecule has 242 valence electrons. The number of carbonyl (C=O) groups excluding carboxylic acids is 1. The molecule has 0 saturated carbocycles.